The molecule has 1 aliphatic heterocycles. The second kappa shape index (κ2) is 7.68. The molecule has 0 saturated heterocycles. The van der Waals surface area contributed by atoms with Gasteiger partial charge in [-0.1, -0.05) is 26.0 Å². The third-order valence-corrected chi connectivity index (χ3v) is 9.27. The van der Waals surface area contributed by atoms with Crippen molar-refractivity contribution in [2.24, 2.45) is 28.6 Å². The Kier molecular flexibility index (Phi) is 5.19. The Hall–Kier alpha value is -2.21. The van der Waals surface area contributed by atoms with Crippen molar-refractivity contribution in [2.45, 2.75) is 65.0 Å². The number of aliphatic hydroxyl groups is 1. The standard InChI is InChI=1S/C26H35N3O3/c1-5-32-24-27-14-16(15-28-24)12-17-13-20-18-6-7-21-25(2,11-9-22(30)29(21)4)19(18)8-10-26(20,3)23(17)31/h9,11-12,14-15,18-21,23,31H,5-8,10,13H2,1-4H3/t18-,19+,20+,21-,23+,25-,26+/m1/s1. The summed E-state index contributed by atoms with van der Waals surface area (Å²) in [5.41, 5.74) is 1.94. The van der Waals surface area contributed by atoms with Gasteiger partial charge in [0.05, 0.1) is 12.7 Å². The zero-order valence-electron chi connectivity index (χ0n) is 19.6. The smallest absolute Gasteiger partial charge is 0.316 e. The van der Waals surface area contributed by atoms with Crippen LogP contribution in [0.4, 0.5) is 0 Å². The molecule has 6 nitrogen and oxygen atoms in total. The molecule has 1 aromatic rings. The van der Waals surface area contributed by atoms with Crippen LogP contribution >= 0.6 is 0 Å². The van der Waals surface area contributed by atoms with E-state index >= 15 is 0 Å². The Morgan fingerprint density at radius 3 is 2.69 bits per heavy atom. The second-order valence-corrected chi connectivity index (χ2v) is 10.7. The number of amides is 1. The number of hydrogen-bond acceptors (Lipinski definition) is 5. The van der Waals surface area contributed by atoms with E-state index in [1.165, 1.54) is 0 Å². The molecule has 0 bridgehead atoms. The van der Waals surface area contributed by atoms with E-state index in [0.29, 0.717) is 30.4 Å². The van der Waals surface area contributed by atoms with Crippen molar-refractivity contribution in [1.82, 2.24) is 14.9 Å². The number of likely N-dealkylation sites (N-methyl/N-ethyl adjacent to an activating group) is 1. The Bertz CT molecular complexity index is 958. The summed E-state index contributed by atoms with van der Waals surface area (Å²) in [6.45, 7) is 7.10. The highest BCUT2D eigenvalue weighted by molar-refractivity contribution is 5.89. The number of rotatable bonds is 3. The maximum atomic E-state index is 12.3. The van der Waals surface area contributed by atoms with Gasteiger partial charge in [0.25, 0.3) is 0 Å². The molecular formula is C26H35N3O3. The highest BCUT2D eigenvalue weighted by Gasteiger charge is 2.61. The van der Waals surface area contributed by atoms with Crippen LogP contribution in [0.25, 0.3) is 6.08 Å². The van der Waals surface area contributed by atoms with E-state index in [1.807, 2.05) is 18.9 Å². The van der Waals surface area contributed by atoms with E-state index in [2.05, 4.69) is 36.0 Å². The summed E-state index contributed by atoms with van der Waals surface area (Å²) < 4.78 is 5.35. The van der Waals surface area contributed by atoms with Gasteiger partial charge in [-0.2, -0.15) is 0 Å². The molecule has 3 fully saturated rings. The third-order valence-electron chi connectivity index (χ3n) is 9.27. The van der Waals surface area contributed by atoms with Crippen molar-refractivity contribution in [3.8, 4) is 6.01 Å². The monoisotopic (exact) mass is 437 g/mol. The number of hydrogen-bond donors (Lipinski definition) is 1. The first-order chi connectivity index (χ1) is 15.3. The molecule has 1 aromatic heterocycles. The summed E-state index contributed by atoms with van der Waals surface area (Å²) in [4.78, 5) is 22.8. The lowest BCUT2D eigenvalue weighted by atomic mass is 9.48. The summed E-state index contributed by atoms with van der Waals surface area (Å²) in [5.74, 6) is 1.70. The van der Waals surface area contributed by atoms with Gasteiger partial charge < -0.3 is 14.7 Å². The third kappa shape index (κ3) is 3.13. The zero-order chi connectivity index (χ0) is 22.7. The average Bonchev–Trinajstić information content (AvgIpc) is 3.03. The largest absolute Gasteiger partial charge is 0.464 e. The number of aromatic nitrogens is 2. The van der Waals surface area contributed by atoms with Crippen LogP contribution in [0.15, 0.2) is 30.1 Å². The zero-order valence-corrected chi connectivity index (χ0v) is 19.6. The van der Waals surface area contributed by atoms with Crippen molar-refractivity contribution in [2.75, 3.05) is 13.7 Å². The van der Waals surface area contributed by atoms with Crippen molar-refractivity contribution in [1.29, 1.82) is 0 Å². The van der Waals surface area contributed by atoms with E-state index in [4.69, 9.17) is 4.74 Å². The van der Waals surface area contributed by atoms with E-state index in [0.717, 1.165) is 43.2 Å². The lowest BCUT2D eigenvalue weighted by Gasteiger charge is -2.59. The maximum Gasteiger partial charge on any atom is 0.316 e. The Morgan fingerprint density at radius 2 is 1.97 bits per heavy atom. The highest BCUT2D eigenvalue weighted by atomic mass is 16.5. The summed E-state index contributed by atoms with van der Waals surface area (Å²) in [6, 6.07) is 0.673. The lowest BCUT2D eigenvalue weighted by molar-refractivity contribution is -0.140. The molecule has 3 aliphatic carbocycles. The minimum atomic E-state index is -0.434. The average molecular weight is 438 g/mol. The Morgan fingerprint density at radius 1 is 1.22 bits per heavy atom. The highest BCUT2D eigenvalue weighted by Crippen LogP contribution is 2.64. The summed E-state index contributed by atoms with van der Waals surface area (Å²) in [5, 5.41) is 11.4. The molecular weight excluding hydrogens is 402 g/mol. The van der Waals surface area contributed by atoms with Crippen molar-refractivity contribution in [3.05, 3.63) is 35.7 Å². The van der Waals surface area contributed by atoms with Crippen molar-refractivity contribution >= 4 is 12.0 Å². The first-order valence-corrected chi connectivity index (χ1v) is 12.1. The fourth-order valence-corrected chi connectivity index (χ4v) is 7.56. The Labute approximate surface area is 190 Å². The molecule has 1 amide bonds. The number of fused-ring (bicyclic) bond motifs is 5. The number of carbonyl (C=O) groups is 1. The van der Waals surface area contributed by atoms with Crippen LogP contribution in [0, 0.1) is 28.6 Å². The van der Waals surface area contributed by atoms with Crippen LogP contribution < -0.4 is 4.74 Å². The normalized spacial score (nSPS) is 41.9. The molecule has 6 heteroatoms. The first-order valence-electron chi connectivity index (χ1n) is 12.1. The van der Waals surface area contributed by atoms with Crippen LogP contribution in [-0.2, 0) is 4.79 Å². The molecule has 0 aromatic carbocycles. The summed E-state index contributed by atoms with van der Waals surface area (Å²) in [7, 11) is 1.96. The molecule has 0 spiro atoms. The molecule has 5 rings (SSSR count). The quantitative estimate of drug-likeness (QED) is 0.777. The molecule has 2 heterocycles. The molecule has 172 valence electrons. The van der Waals surface area contributed by atoms with Gasteiger partial charge in [-0.25, -0.2) is 9.97 Å². The number of carbonyl (C=O) groups excluding carboxylic acids is 1. The van der Waals surface area contributed by atoms with Gasteiger partial charge in [0.15, 0.2) is 0 Å². The molecule has 0 radical (unpaired) electrons. The molecule has 1 N–H and O–H groups in total. The Balaban J connectivity index is 1.42. The summed E-state index contributed by atoms with van der Waals surface area (Å²) in [6.07, 6.45) is 14.4. The van der Waals surface area contributed by atoms with Crippen LogP contribution in [0.1, 0.15) is 58.4 Å². The number of nitrogens with zero attached hydrogens (tertiary/aromatic N) is 3. The van der Waals surface area contributed by atoms with Crippen molar-refractivity contribution < 1.29 is 14.6 Å². The van der Waals surface area contributed by atoms with E-state index in [1.54, 1.807) is 18.5 Å². The van der Waals surface area contributed by atoms with Gasteiger partial charge in [-0.15, -0.1) is 0 Å². The predicted molar refractivity (Wildman–Crippen MR) is 123 cm³/mol. The maximum absolute atomic E-state index is 12.3. The van der Waals surface area contributed by atoms with Gasteiger partial charge in [0, 0.05) is 41.9 Å². The summed E-state index contributed by atoms with van der Waals surface area (Å²) >= 11 is 0. The van der Waals surface area contributed by atoms with Gasteiger partial charge in [0.1, 0.15) is 0 Å². The predicted octanol–water partition coefficient (Wildman–Crippen LogP) is 3.87. The van der Waals surface area contributed by atoms with Gasteiger partial charge in [0.2, 0.25) is 5.91 Å². The fraction of sp³-hybridized carbons (Fsp3) is 0.654. The van der Waals surface area contributed by atoms with Gasteiger partial charge in [-0.3, -0.25) is 4.79 Å². The van der Waals surface area contributed by atoms with E-state index in [9.17, 15) is 9.90 Å². The van der Waals surface area contributed by atoms with Crippen LogP contribution in [0.5, 0.6) is 6.01 Å². The van der Waals surface area contributed by atoms with Crippen LogP contribution in [0.3, 0.4) is 0 Å². The molecule has 7 atom stereocenters. The van der Waals surface area contributed by atoms with Crippen LogP contribution in [0.2, 0.25) is 0 Å². The minimum Gasteiger partial charge on any atom is -0.464 e. The van der Waals surface area contributed by atoms with Crippen LogP contribution in [-0.4, -0.2) is 51.7 Å². The molecule has 4 aliphatic rings. The SMILES string of the molecule is CCOc1ncc(C=C2C[C@H]3[C@@H]4CC[C@H]5N(C)C(=O)C=C[C@]5(C)[C@H]4CC[C@]3(C)[C@H]2O)cn1. The topological polar surface area (TPSA) is 75.5 Å². The van der Waals surface area contributed by atoms with Gasteiger partial charge in [-0.05, 0) is 68.4 Å². The van der Waals surface area contributed by atoms with Gasteiger partial charge >= 0.3 is 6.01 Å². The first kappa shape index (κ1) is 21.6. The minimum absolute atomic E-state index is 0.0211. The van der Waals surface area contributed by atoms with Crippen molar-refractivity contribution in [3.63, 3.8) is 0 Å². The van der Waals surface area contributed by atoms with E-state index in [-0.39, 0.29) is 22.8 Å². The second-order valence-electron chi connectivity index (χ2n) is 10.7. The fourth-order valence-electron chi connectivity index (χ4n) is 7.56. The lowest BCUT2D eigenvalue weighted by Crippen LogP contribution is -2.59. The number of aliphatic hydroxyl groups excluding tert-OH is 1. The molecule has 3 saturated carbocycles. The molecule has 0 unspecified atom stereocenters. The van der Waals surface area contributed by atoms with E-state index < -0.39 is 6.10 Å². The number of ether oxygens (including phenoxy) is 1. The molecule has 32 heavy (non-hydrogen) atoms.